The quantitative estimate of drug-likeness (QED) is 0.575. The van der Waals surface area contributed by atoms with Crippen molar-refractivity contribution in [1.82, 2.24) is 16.0 Å². The molecule has 0 aliphatic carbocycles. The third-order valence-electron chi connectivity index (χ3n) is 3.09. The molecule has 1 saturated heterocycles. The summed E-state index contributed by atoms with van der Waals surface area (Å²) in [5, 5.41) is 8.33. The molecule has 15 heavy (non-hydrogen) atoms. The molecule has 0 spiro atoms. The number of rotatable bonds is 4. The van der Waals surface area contributed by atoms with E-state index in [-0.39, 0.29) is 23.8 Å². The number of hydrogen-bond donors (Lipinski definition) is 3. The van der Waals surface area contributed by atoms with Gasteiger partial charge in [-0.1, -0.05) is 6.92 Å². The van der Waals surface area contributed by atoms with Crippen LogP contribution in [0.2, 0.25) is 0 Å². The Labute approximate surface area is 90.0 Å². The van der Waals surface area contributed by atoms with E-state index in [1.165, 1.54) is 0 Å². The number of nitrogens with one attached hydrogen (secondary N) is 3. The monoisotopic (exact) mass is 213 g/mol. The highest BCUT2D eigenvalue weighted by Crippen LogP contribution is 2.29. The van der Waals surface area contributed by atoms with Gasteiger partial charge in [-0.25, -0.2) is 0 Å². The summed E-state index contributed by atoms with van der Waals surface area (Å²) in [4.78, 5) is 22.9. The van der Waals surface area contributed by atoms with Crippen molar-refractivity contribution < 1.29 is 9.59 Å². The zero-order valence-electron chi connectivity index (χ0n) is 9.35. The molecule has 1 heterocycles. The molecule has 1 atom stereocenters. The van der Waals surface area contributed by atoms with Crippen molar-refractivity contribution in [1.29, 1.82) is 0 Å². The van der Waals surface area contributed by atoms with Crippen LogP contribution in [0.5, 0.6) is 0 Å². The Bertz CT molecular complexity index is 247. The molecule has 1 aliphatic heterocycles. The molecular formula is C10H19N3O2. The maximum atomic E-state index is 11.9. The van der Waals surface area contributed by atoms with Gasteiger partial charge >= 0.3 is 0 Å². The molecule has 5 heteroatoms. The van der Waals surface area contributed by atoms with Crippen molar-refractivity contribution in [3.8, 4) is 0 Å². The highest BCUT2D eigenvalue weighted by Gasteiger charge is 2.39. The fourth-order valence-corrected chi connectivity index (χ4v) is 1.84. The van der Waals surface area contributed by atoms with Crippen molar-refractivity contribution in [3.05, 3.63) is 0 Å². The van der Waals surface area contributed by atoms with Gasteiger partial charge in [0.05, 0.1) is 12.0 Å². The SMILES string of the molecule is CCC1(C(=O)NCC(=O)NC)CCNC1. The largest absolute Gasteiger partial charge is 0.358 e. The Hall–Kier alpha value is -1.10. The third-order valence-corrected chi connectivity index (χ3v) is 3.09. The second-order valence-corrected chi connectivity index (χ2v) is 3.92. The molecule has 0 bridgehead atoms. The summed E-state index contributed by atoms with van der Waals surface area (Å²) in [6, 6.07) is 0. The van der Waals surface area contributed by atoms with Crippen LogP contribution in [-0.4, -0.2) is 38.5 Å². The summed E-state index contributed by atoms with van der Waals surface area (Å²) in [6.45, 7) is 3.66. The zero-order valence-corrected chi connectivity index (χ0v) is 9.35. The van der Waals surface area contributed by atoms with Crippen molar-refractivity contribution in [2.24, 2.45) is 5.41 Å². The second kappa shape index (κ2) is 5.11. The molecule has 0 aromatic rings. The van der Waals surface area contributed by atoms with Crippen molar-refractivity contribution in [3.63, 3.8) is 0 Å². The number of likely N-dealkylation sites (N-methyl/N-ethyl adjacent to an activating group) is 1. The minimum Gasteiger partial charge on any atom is -0.358 e. The van der Waals surface area contributed by atoms with E-state index in [9.17, 15) is 9.59 Å². The van der Waals surface area contributed by atoms with Gasteiger partial charge in [-0.05, 0) is 19.4 Å². The van der Waals surface area contributed by atoms with Crippen molar-refractivity contribution in [2.45, 2.75) is 19.8 Å². The molecule has 86 valence electrons. The maximum absolute atomic E-state index is 11.9. The van der Waals surface area contributed by atoms with Gasteiger partial charge in [-0.2, -0.15) is 0 Å². The van der Waals surface area contributed by atoms with E-state index in [2.05, 4.69) is 16.0 Å². The van der Waals surface area contributed by atoms with Crippen LogP contribution < -0.4 is 16.0 Å². The average Bonchev–Trinajstić information content (AvgIpc) is 2.75. The Morgan fingerprint density at radius 3 is 2.67 bits per heavy atom. The molecular weight excluding hydrogens is 194 g/mol. The van der Waals surface area contributed by atoms with Gasteiger partial charge in [-0.3, -0.25) is 9.59 Å². The predicted molar refractivity (Wildman–Crippen MR) is 57.3 cm³/mol. The fraction of sp³-hybridized carbons (Fsp3) is 0.800. The predicted octanol–water partition coefficient (Wildman–Crippen LogP) is -0.762. The Balaban J connectivity index is 2.47. The molecule has 0 saturated carbocycles. The first kappa shape index (κ1) is 12.0. The summed E-state index contributed by atoms with van der Waals surface area (Å²) >= 11 is 0. The van der Waals surface area contributed by atoms with Crippen molar-refractivity contribution >= 4 is 11.8 Å². The van der Waals surface area contributed by atoms with E-state index in [1.54, 1.807) is 7.05 Å². The van der Waals surface area contributed by atoms with Crippen LogP contribution in [0.1, 0.15) is 19.8 Å². The molecule has 3 N–H and O–H groups in total. The number of carbonyl (C=O) groups excluding carboxylic acids is 2. The smallest absolute Gasteiger partial charge is 0.239 e. The number of carbonyl (C=O) groups is 2. The minimum absolute atomic E-state index is 0.0152. The zero-order chi connectivity index (χ0) is 11.3. The summed E-state index contributed by atoms with van der Waals surface area (Å²) in [5.74, 6) is -0.181. The van der Waals surface area contributed by atoms with Gasteiger partial charge in [0.2, 0.25) is 11.8 Å². The summed E-state index contributed by atoms with van der Waals surface area (Å²) in [7, 11) is 1.56. The number of hydrogen-bond acceptors (Lipinski definition) is 3. The first-order chi connectivity index (χ1) is 7.14. The van der Waals surface area contributed by atoms with Crippen LogP contribution in [0.4, 0.5) is 0 Å². The van der Waals surface area contributed by atoms with Gasteiger partial charge < -0.3 is 16.0 Å². The summed E-state index contributed by atoms with van der Waals surface area (Å²) < 4.78 is 0. The molecule has 1 fully saturated rings. The van der Waals surface area contributed by atoms with Crippen molar-refractivity contribution in [2.75, 3.05) is 26.7 Å². The van der Waals surface area contributed by atoms with Gasteiger partial charge in [0, 0.05) is 13.6 Å². The standard InChI is InChI=1S/C10H19N3O2/c1-3-10(4-5-12-7-10)9(15)13-6-8(14)11-2/h12H,3-7H2,1-2H3,(H,11,14)(H,13,15). The lowest BCUT2D eigenvalue weighted by Crippen LogP contribution is -2.45. The van der Waals surface area contributed by atoms with Crippen LogP contribution in [0.25, 0.3) is 0 Å². The van der Waals surface area contributed by atoms with E-state index < -0.39 is 0 Å². The van der Waals surface area contributed by atoms with Gasteiger partial charge in [-0.15, -0.1) is 0 Å². The molecule has 1 unspecified atom stereocenters. The lowest BCUT2D eigenvalue weighted by Gasteiger charge is -2.24. The topological polar surface area (TPSA) is 70.2 Å². The molecule has 5 nitrogen and oxygen atoms in total. The first-order valence-electron chi connectivity index (χ1n) is 5.34. The van der Waals surface area contributed by atoms with Crippen LogP contribution in [-0.2, 0) is 9.59 Å². The molecule has 0 aromatic heterocycles. The highest BCUT2D eigenvalue weighted by molar-refractivity contribution is 5.88. The van der Waals surface area contributed by atoms with Gasteiger partial charge in [0.1, 0.15) is 0 Å². The summed E-state index contributed by atoms with van der Waals surface area (Å²) in [5.41, 5.74) is -0.311. The van der Waals surface area contributed by atoms with Crippen LogP contribution in [0.15, 0.2) is 0 Å². The Kier molecular flexibility index (Phi) is 4.08. The molecule has 0 radical (unpaired) electrons. The average molecular weight is 213 g/mol. The van der Waals surface area contributed by atoms with Crippen LogP contribution in [0, 0.1) is 5.41 Å². The first-order valence-corrected chi connectivity index (χ1v) is 5.34. The van der Waals surface area contributed by atoms with E-state index in [0.717, 1.165) is 19.4 Å². The maximum Gasteiger partial charge on any atom is 0.239 e. The van der Waals surface area contributed by atoms with E-state index in [4.69, 9.17) is 0 Å². The van der Waals surface area contributed by atoms with E-state index in [1.807, 2.05) is 6.92 Å². The Morgan fingerprint density at radius 2 is 2.20 bits per heavy atom. The molecule has 1 aliphatic rings. The lowest BCUT2D eigenvalue weighted by molar-refractivity contribution is -0.132. The van der Waals surface area contributed by atoms with Crippen LogP contribution in [0.3, 0.4) is 0 Å². The molecule has 2 amide bonds. The third kappa shape index (κ3) is 2.68. The highest BCUT2D eigenvalue weighted by atomic mass is 16.2. The summed E-state index contributed by atoms with van der Waals surface area (Å²) in [6.07, 6.45) is 1.66. The van der Waals surface area contributed by atoms with Gasteiger partial charge in [0.15, 0.2) is 0 Å². The second-order valence-electron chi connectivity index (χ2n) is 3.92. The van der Waals surface area contributed by atoms with Crippen LogP contribution >= 0.6 is 0 Å². The fourth-order valence-electron chi connectivity index (χ4n) is 1.84. The lowest BCUT2D eigenvalue weighted by atomic mass is 9.83. The van der Waals surface area contributed by atoms with E-state index >= 15 is 0 Å². The van der Waals surface area contributed by atoms with E-state index in [0.29, 0.717) is 6.54 Å². The normalized spacial score (nSPS) is 24.9. The minimum atomic E-state index is -0.311. The Morgan fingerprint density at radius 1 is 1.47 bits per heavy atom. The molecule has 1 rings (SSSR count). The number of amides is 2. The molecule has 0 aromatic carbocycles. The van der Waals surface area contributed by atoms with Gasteiger partial charge in [0.25, 0.3) is 0 Å².